The highest BCUT2D eigenvalue weighted by molar-refractivity contribution is 6.06. The van der Waals surface area contributed by atoms with E-state index in [9.17, 15) is 14.9 Å². The maximum atomic E-state index is 12.7. The summed E-state index contributed by atoms with van der Waals surface area (Å²) >= 11 is 0. The molecule has 0 aliphatic rings. The molecule has 0 fully saturated rings. The third-order valence-electron chi connectivity index (χ3n) is 4.73. The third-order valence-corrected chi connectivity index (χ3v) is 4.73. The van der Waals surface area contributed by atoms with E-state index in [1.165, 1.54) is 18.2 Å². The lowest BCUT2D eigenvalue weighted by Crippen LogP contribution is -2.13. The highest BCUT2D eigenvalue weighted by atomic mass is 16.6. The van der Waals surface area contributed by atoms with E-state index < -0.39 is 10.8 Å². The van der Waals surface area contributed by atoms with Gasteiger partial charge in [0.25, 0.3) is 17.5 Å². The summed E-state index contributed by atoms with van der Waals surface area (Å²) in [5.74, 6) is 0.435. The Morgan fingerprint density at radius 1 is 1.06 bits per heavy atom. The van der Waals surface area contributed by atoms with E-state index in [0.29, 0.717) is 40.5 Å². The van der Waals surface area contributed by atoms with Crippen molar-refractivity contribution in [2.24, 2.45) is 0 Å². The second kappa shape index (κ2) is 8.58. The predicted molar refractivity (Wildman–Crippen MR) is 115 cm³/mol. The van der Waals surface area contributed by atoms with E-state index in [-0.39, 0.29) is 5.69 Å². The van der Waals surface area contributed by atoms with Gasteiger partial charge in [-0.1, -0.05) is 47.6 Å². The summed E-state index contributed by atoms with van der Waals surface area (Å²) in [6.07, 6.45) is 0.529. The minimum atomic E-state index is -0.477. The van der Waals surface area contributed by atoms with Crippen LogP contribution in [0.4, 0.5) is 11.4 Å². The zero-order valence-corrected chi connectivity index (χ0v) is 16.6. The summed E-state index contributed by atoms with van der Waals surface area (Å²) in [7, 11) is 0. The second-order valence-corrected chi connectivity index (χ2v) is 6.94. The van der Waals surface area contributed by atoms with Crippen LogP contribution in [0.25, 0.3) is 11.5 Å². The number of nitrogens with one attached hydrogen (secondary N) is 1. The number of amides is 1. The molecule has 1 N–H and O–H groups in total. The number of benzene rings is 3. The number of carbonyl (C=O) groups is 1. The number of hydrogen-bond acceptors (Lipinski definition) is 6. The van der Waals surface area contributed by atoms with Gasteiger partial charge in [0, 0.05) is 23.6 Å². The third kappa shape index (κ3) is 4.48. The van der Waals surface area contributed by atoms with Crippen LogP contribution in [0.3, 0.4) is 0 Å². The van der Waals surface area contributed by atoms with Crippen LogP contribution in [0.15, 0.2) is 77.3 Å². The van der Waals surface area contributed by atoms with Gasteiger partial charge in [-0.3, -0.25) is 14.9 Å². The fourth-order valence-corrected chi connectivity index (χ4v) is 3.19. The van der Waals surface area contributed by atoms with Gasteiger partial charge in [0.2, 0.25) is 0 Å². The van der Waals surface area contributed by atoms with Gasteiger partial charge in [-0.25, -0.2) is 0 Å². The molecule has 0 aliphatic heterocycles. The van der Waals surface area contributed by atoms with Crippen LogP contribution in [0, 0.1) is 17.0 Å². The van der Waals surface area contributed by atoms with Crippen LogP contribution in [-0.4, -0.2) is 21.0 Å². The molecule has 31 heavy (non-hydrogen) atoms. The van der Waals surface area contributed by atoms with Crippen molar-refractivity contribution >= 4 is 17.3 Å². The molecular weight excluding hydrogens is 396 g/mol. The molecule has 0 radical (unpaired) electrons. The summed E-state index contributed by atoms with van der Waals surface area (Å²) in [5, 5.41) is 17.9. The molecule has 1 amide bonds. The molecule has 154 valence electrons. The number of anilines is 1. The first-order chi connectivity index (χ1) is 15.0. The fourth-order valence-electron chi connectivity index (χ4n) is 3.19. The van der Waals surface area contributed by atoms with Gasteiger partial charge in [0.1, 0.15) is 0 Å². The van der Waals surface area contributed by atoms with Crippen LogP contribution in [-0.2, 0) is 6.42 Å². The van der Waals surface area contributed by atoms with E-state index in [1.807, 2.05) is 36.4 Å². The number of nitro groups is 1. The predicted octanol–water partition coefficient (Wildman–Crippen LogP) is 4.80. The van der Waals surface area contributed by atoms with Crippen molar-refractivity contribution < 1.29 is 14.2 Å². The molecule has 0 bridgehead atoms. The number of nitrogens with zero attached hydrogens (tertiary/aromatic N) is 3. The molecule has 0 saturated carbocycles. The molecule has 8 heteroatoms. The van der Waals surface area contributed by atoms with E-state index in [1.54, 1.807) is 25.1 Å². The molecule has 4 aromatic rings. The Morgan fingerprint density at radius 3 is 2.55 bits per heavy atom. The Hall–Kier alpha value is -4.33. The van der Waals surface area contributed by atoms with E-state index >= 15 is 0 Å². The molecule has 0 spiro atoms. The van der Waals surface area contributed by atoms with Gasteiger partial charge in [0.05, 0.1) is 16.2 Å². The van der Waals surface area contributed by atoms with Crippen molar-refractivity contribution in [3.05, 3.63) is 105 Å². The number of aryl methyl sites for hydroxylation is 1. The summed E-state index contributed by atoms with van der Waals surface area (Å²) < 4.78 is 5.42. The monoisotopic (exact) mass is 414 g/mol. The topological polar surface area (TPSA) is 111 Å². The number of nitro benzene ring substituents is 1. The lowest BCUT2D eigenvalue weighted by atomic mass is 10.1. The first-order valence-electron chi connectivity index (χ1n) is 9.53. The zero-order valence-electron chi connectivity index (χ0n) is 16.6. The van der Waals surface area contributed by atoms with Crippen LogP contribution < -0.4 is 5.32 Å². The summed E-state index contributed by atoms with van der Waals surface area (Å²) in [6, 6.07) is 21.1. The summed E-state index contributed by atoms with van der Waals surface area (Å²) in [4.78, 5) is 27.7. The van der Waals surface area contributed by atoms with Crippen LogP contribution in [0.2, 0.25) is 0 Å². The number of rotatable bonds is 6. The Morgan fingerprint density at radius 2 is 1.81 bits per heavy atom. The molecule has 1 heterocycles. The normalized spacial score (nSPS) is 10.6. The summed E-state index contributed by atoms with van der Waals surface area (Å²) in [6.45, 7) is 1.59. The lowest BCUT2D eigenvalue weighted by Gasteiger charge is -2.09. The number of hydrogen-bond donors (Lipinski definition) is 1. The van der Waals surface area contributed by atoms with Crippen molar-refractivity contribution in [1.82, 2.24) is 10.1 Å². The minimum absolute atomic E-state index is 0.0336. The van der Waals surface area contributed by atoms with Crippen molar-refractivity contribution in [3.63, 3.8) is 0 Å². The van der Waals surface area contributed by atoms with E-state index in [0.717, 1.165) is 5.56 Å². The van der Waals surface area contributed by atoms with Crippen molar-refractivity contribution in [2.45, 2.75) is 13.3 Å². The highest BCUT2D eigenvalue weighted by Gasteiger charge is 2.17. The zero-order chi connectivity index (χ0) is 21.8. The molecule has 1 aromatic heterocycles. The SMILES string of the molecule is Cc1cc(C(=O)Nc2ccccc2-c2nc(Cc3ccccc3)no2)ccc1[N+](=O)[O-]. The molecule has 3 aromatic carbocycles. The van der Waals surface area contributed by atoms with Crippen molar-refractivity contribution in [2.75, 3.05) is 5.32 Å². The average molecular weight is 414 g/mol. The number of para-hydroxylation sites is 1. The molecule has 0 saturated heterocycles. The smallest absolute Gasteiger partial charge is 0.272 e. The average Bonchev–Trinajstić information content (AvgIpc) is 3.22. The quantitative estimate of drug-likeness (QED) is 0.358. The van der Waals surface area contributed by atoms with Gasteiger partial charge in [0.15, 0.2) is 5.82 Å². The Labute approximate surface area is 177 Å². The van der Waals surface area contributed by atoms with Gasteiger partial charge in [-0.2, -0.15) is 4.98 Å². The standard InChI is InChI=1S/C23H18N4O4/c1-15-13-17(11-12-20(15)27(29)30)22(28)24-19-10-6-5-9-18(19)23-25-21(26-31-23)14-16-7-3-2-4-8-16/h2-13H,14H2,1H3,(H,24,28). The van der Waals surface area contributed by atoms with Crippen LogP contribution in [0.5, 0.6) is 0 Å². The molecule has 4 rings (SSSR count). The van der Waals surface area contributed by atoms with Crippen molar-refractivity contribution in [1.29, 1.82) is 0 Å². The maximum Gasteiger partial charge on any atom is 0.272 e. The number of aromatic nitrogens is 2. The molecule has 8 nitrogen and oxygen atoms in total. The van der Waals surface area contributed by atoms with E-state index in [4.69, 9.17) is 4.52 Å². The fraction of sp³-hybridized carbons (Fsp3) is 0.0870. The van der Waals surface area contributed by atoms with E-state index in [2.05, 4.69) is 15.5 Å². The summed E-state index contributed by atoms with van der Waals surface area (Å²) in [5.41, 5.74) is 2.83. The number of carbonyl (C=O) groups excluding carboxylic acids is 1. The maximum absolute atomic E-state index is 12.7. The second-order valence-electron chi connectivity index (χ2n) is 6.94. The van der Waals surface area contributed by atoms with Gasteiger partial charge < -0.3 is 9.84 Å². The molecule has 0 unspecified atom stereocenters. The lowest BCUT2D eigenvalue weighted by molar-refractivity contribution is -0.385. The van der Waals surface area contributed by atoms with Crippen LogP contribution in [0.1, 0.15) is 27.3 Å². The molecule has 0 atom stereocenters. The minimum Gasteiger partial charge on any atom is -0.334 e. The first kappa shape index (κ1) is 20.0. The first-order valence-corrected chi connectivity index (χ1v) is 9.53. The highest BCUT2D eigenvalue weighted by Crippen LogP contribution is 2.28. The largest absolute Gasteiger partial charge is 0.334 e. The Kier molecular flexibility index (Phi) is 5.53. The van der Waals surface area contributed by atoms with Gasteiger partial charge >= 0.3 is 0 Å². The Balaban J connectivity index is 1.56. The molecule has 0 aliphatic carbocycles. The molecular formula is C23H18N4O4. The van der Waals surface area contributed by atoms with Crippen molar-refractivity contribution in [3.8, 4) is 11.5 Å². The van der Waals surface area contributed by atoms with Gasteiger partial charge in [-0.15, -0.1) is 0 Å². The Bertz CT molecular complexity index is 1250. The van der Waals surface area contributed by atoms with Crippen LogP contribution >= 0.6 is 0 Å². The van der Waals surface area contributed by atoms with Gasteiger partial charge in [-0.05, 0) is 36.8 Å².